The van der Waals surface area contributed by atoms with Gasteiger partial charge in [0.15, 0.2) is 0 Å². The summed E-state index contributed by atoms with van der Waals surface area (Å²) in [7, 11) is 0. The summed E-state index contributed by atoms with van der Waals surface area (Å²) < 4.78 is 5.45. The number of hydrogen-bond donors (Lipinski definition) is 1. The average molecular weight is 243 g/mol. The highest BCUT2D eigenvalue weighted by Crippen LogP contribution is 2.19. The first-order valence-corrected chi connectivity index (χ1v) is 5.81. The summed E-state index contributed by atoms with van der Waals surface area (Å²) in [5, 5.41) is 3.87. The normalized spacial score (nSPS) is 11.5. The van der Waals surface area contributed by atoms with Gasteiger partial charge in [-0.25, -0.2) is 4.98 Å². The molecule has 0 atom stereocenters. The van der Waals surface area contributed by atoms with Gasteiger partial charge in [0.25, 0.3) is 0 Å². The minimum Gasteiger partial charge on any atom is -0.475 e. The van der Waals surface area contributed by atoms with E-state index in [1.807, 2.05) is 0 Å². The molecular formula is C12H19ClN2O. The summed E-state index contributed by atoms with van der Waals surface area (Å²) in [6.45, 7) is 8.91. The molecule has 0 unspecified atom stereocenters. The summed E-state index contributed by atoms with van der Waals surface area (Å²) in [6.07, 6.45) is 1.67. The topological polar surface area (TPSA) is 34.1 Å². The van der Waals surface area contributed by atoms with Crippen molar-refractivity contribution in [1.82, 2.24) is 10.3 Å². The van der Waals surface area contributed by atoms with E-state index in [4.69, 9.17) is 16.3 Å². The highest BCUT2D eigenvalue weighted by Gasteiger charge is 2.08. The maximum Gasteiger partial charge on any atom is 0.232 e. The van der Waals surface area contributed by atoms with Crippen molar-refractivity contribution in [3.63, 3.8) is 0 Å². The highest BCUT2D eigenvalue weighted by molar-refractivity contribution is 6.31. The second-order valence-electron chi connectivity index (χ2n) is 4.88. The third-order valence-corrected chi connectivity index (χ3v) is 2.19. The van der Waals surface area contributed by atoms with Gasteiger partial charge < -0.3 is 10.1 Å². The fourth-order valence-corrected chi connectivity index (χ4v) is 1.34. The molecule has 1 aromatic rings. The number of hydrogen-bond acceptors (Lipinski definition) is 3. The molecular weight excluding hydrogens is 224 g/mol. The van der Waals surface area contributed by atoms with Gasteiger partial charge in [-0.05, 0) is 17.5 Å². The zero-order chi connectivity index (χ0) is 12.0. The van der Waals surface area contributed by atoms with Crippen LogP contribution in [0.25, 0.3) is 0 Å². The van der Waals surface area contributed by atoms with Crippen LogP contribution in [0.4, 0.5) is 0 Å². The number of ether oxygens (including phenoxy) is 1. The lowest BCUT2D eigenvalue weighted by atomic mass is 9.97. The first kappa shape index (κ1) is 13.3. The van der Waals surface area contributed by atoms with Crippen molar-refractivity contribution >= 4 is 11.6 Å². The van der Waals surface area contributed by atoms with E-state index in [1.54, 1.807) is 18.3 Å². The van der Waals surface area contributed by atoms with Gasteiger partial charge in [-0.2, -0.15) is 0 Å². The zero-order valence-corrected chi connectivity index (χ0v) is 10.8. The van der Waals surface area contributed by atoms with Crippen LogP contribution in [0.2, 0.25) is 5.02 Å². The molecule has 3 nitrogen and oxygen atoms in total. The van der Waals surface area contributed by atoms with E-state index in [9.17, 15) is 0 Å². The van der Waals surface area contributed by atoms with E-state index in [0.29, 0.717) is 22.9 Å². The predicted molar refractivity (Wildman–Crippen MR) is 67.1 cm³/mol. The summed E-state index contributed by atoms with van der Waals surface area (Å²) in [5.41, 5.74) is 0.294. The molecule has 0 saturated carbocycles. The molecule has 0 saturated heterocycles. The average Bonchev–Trinajstić information content (AvgIpc) is 2.18. The molecule has 0 spiro atoms. The molecule has 1 N–H and O–H groups in total. The quantitative estimate of drug-likeness (QED) is 0.807. The Bertz CT molecular complexity index is 323. The Kier molecular flexibility index (Phi) is 5.03. The van der Waals surface area contributed by atoms with Crippen LogP contribution in [0.5, 0.6) is 5.88 Å². The minimum atomic E-state index is 0.294. The Morgan fingerprint density at radius 1 is 1.44 bits per heavy atom. The second-order valence-corrected chi connectivity index (χ2v) is 5.28. The van der Waals surface area contributed by atoms with Gasteiger partial charge in [-0.15, -0.1) is 0 Å². The third-order valence-electron chi connectivity index (χ3n) is 1.90. The van der Waals surface area contributed by atoms with Crippen molar-refractivity contribution in [2.75, 3.05) is 19.7 Å². The van der Waals surface area contributed by atoms with E-state index in [-0.39, 0.29) is 0 Å². The van der Waals surface area contributed by atoms with Gasteiger partial charge in [0, 0.05) is 19.3 Å². The molecule has 4 heteroatoms. The summed E-state index contributed by atoms with van der Waals surface area (Å²) in [6, 6.07) is 3.56. The van der Waals surface area contributed by atoms with Crippen LogP contribution < -0.4 is 10.1 Å². The van der Waals surface area contributed by atoms with Crippen molar-refractivity contribution in [2.24, 2.45) is 5.41 Å². The molecule has 0 aliphatic carbocycles. The van der Waals surface area contributed by atoms with Gasteiger partial charge in [-0.1, -0.05) is 32.4 Å². The Morgan fingerprint density at radius 3 is 2.81 bits per heavy atom. The number of nitrogens with one attached hydrogen (secondary N) is 1. The summed E-state index contributed by atoms with van der Waals surface area (Å²) in [4.78, 5) is 4.04. The van der Waals surface area contributed by atoms with Crippen LogP contribution in [0.3, 0.4) is 0 Å². The lowest BCUT2D eigenvalue weighted by Crippen LogP contribution is -2.30. The van der Waals surface area contributed by atoms with E-state index in [2.05, 4.69) is 31.1 Å². The minimum absolute atomic E-state index is 0.294. The highest BCUT2D eigenvalue weighted by atomic mass is 35.5. The van der Waals surface area contributed by atoms with Gasteiger partial charge in [-0.3, -0.25) is 0 Å². The Balaban J connectivity index is 2.19. The zero-order valence-electron chi connectivity index (χ0n) is 10.1. The van der Waals surface area contributed by atoms with Gasteiger partial charge in [0.2, 0.25) is 5.88 Å². The largest absolute Gasteiger partial charge is 0.475 e. The van der Waals surface area contributed by atoms with Crippen LogP contribution in [-0.4, -0.2) is 24.7 Å². The molecule has 1 rings (SSSR count). The van der Waals surface area contributed by atoms with Crippen molar-refractivity contribution in [3.8, 4) is 5.88 Å². The Morgan fingerprint density at radius 2 is 2.19 bits per heavy atom. The van der Waals surface area contributed by atoms with E-state index >= 15 is 0 Å². The van der Waals surface area contributed by atoms with Crippen molar-refractivity contribution in [3.05, 3.63) is 23.4 Å². The maximum atomic E-state index is 5.90. The van der Waals surface area contributed by atoms with Crippen LogP contribution >= 0.6 is 11.6 Å². The molecule has 0 fully saturated rings. The van der Waals surface area contributed by atoms with E-state index < -0.39 is 0 Å². The summed E-state index contributed by atoms with van der Waals surface area (Å²) >= 11 is 5.90. The third kappa shape index (κ3) is 5.33. The van der Waals surface area contributed by atoms with Crippen LogP contribution in [-0.2, 0) is 0 Å². The molecule has 16 heavy (non-hydrogen) atoms. The number of nitrogens with zero attached hydrogens (tertiary/aromatic N) is 1. The second kappa shape index (κ2) is 6.06. The van der Waals surface area contributed by atoms with E-state index in [0.717, 1.165) is 13.1 Å². The Labute approximate surface area is 102 Å². The van der Waals surface area contributed by atoms with Crippen LogP contribution in [0, 0.1) is 5.41 Å². The van der Waals surface area contributed by atoms with Gasteiger partial charge >= 0.3 is 0 Å². The molecule has 0 aromatic carbocycles. The fourth-order valence-electron chi connectivity index (χ4n) is 1.16. The van der Waals surface area contributed by atoms with Crippen LogP contribution in [0.1, 0.15) is 20.8 Å². The predicted octanol–water partition coefficient (Wildman–Crippen LogP) is 2.75. The van der Waals surface area contributed by atoms with Crippen molar-refractivity contribution in [1.29, 1.82) is 0 Å². The molecule has 1 heterocycles. The van der Waals surface area contributed by atoms with Gasteiger partial charge in [0.1, 0.15) is 11.6 Å². The molecule has 0 amide bonds. The number of aromatic nitrogens is 1. The molecule has 0 aliphatic rings. The lowest BCUT2D eigenvalue weighted by molar-refractivity contribution is 0.288. The number of pyridine rings is 1. The maximum absolute atomic E-state index is 5.90. The molecule has 0 bridgehead atoms. The van der Waals surface area contributed by atoms with Crippen LogP contribution in [0.15, 0.2) is 18.3 Å². The standard InChI is InChI=1S/C12H19ClN2O/c1-12(2,3)9-14-7-8-16-11-10(13)5-4-6-15-11/h4-6,14H,7-9H2,1-3H3. The monoisotopic (exact) mass is 242 g/mol. The van der Waals surface area contributed by atoms with Crippen molar-refractivity contribution in [2.45, 2.75) is 20.8 Å². The molecule has 90 valence electrons. The number of halogens is 1. The van der Waals surface area contributed by atoms with Crippen molar-refractivity contribution < 1.29 is 4.74 Å². The smallest absolute Gasteiger partial charge is 0.232 e. The summed E-state index contributed by atoms with van der Waals surface area (Å²) in [5.74, 6) is 0.502. The molecule has 1 aromatic heterocycles. The number of rotatable bonds is 5. The van der Waals surface area contributed by atoms with Gasteiger partial charge in [0.05, 0.1) is 0 Å². The lowest BCUT2D eigenvalue weighted by Gasteiger charge is -2.18. The van der Waals surface area contributed by atoms with E-state index in [1.165, 1.54) is 0 Å². The SMILES string of the molecule is CC(C)(C)CNCCOc1ncccc1Cl. The fraction of sp³-hybridized carbons (Fsp3) is 0.583. The molecule has 0 aliphatic heterocycles. The first-order valence-electron chi connectivity index (χ1n) is 5.43. The Hall–Kier alpha value is -0.800. The first-order chi connectivity index (χ1) is 7.49. The molecule has 0 radical (unpaired) electrons.